The van der Waals surface area contributed by atoms with Crippen LogP contribution in [0.4, 0.5) is 0 Å². The van der Waals surface area contributed by atoms with E-state index in [1.54, 1.807) is 18.2 Å². The number of rotatable bonds is 2. The number of nitrogens with zero attached hydrogens (tertiary/aromatic N) is 2. The van der Waals surface area contributed by atoms with Crippen LogP contribution in [0.25, 0.3) is 11.3 Å². The highest BCUT2D eigenvalue weighted by Crippen LogP contribution is 2.27. The number of aromatic nitrogens is 2. The van der Waals surface area contributed by atoms with Gasteiger partial charge in [0, 0.05) is 5.56 Å². The highest BCUT2D eigenvalue weighted by molar-refractivity contribution is 6.42. The van der Waals surface area contributed by atoms with Crippen molar-refractivity contribution in [1.82, 2.24) is 9.97 Å². The van der Waals surface area contributed by atoms with Crippen LogP contribution in [-0.2, 0) is 0 Å². The van der Waals surface area contributed by atoms with Gasteiger partial charge in [-0.25, -0.2) is 9.97 Å². The minimum absolute atomic E-state index is 0.180. The number of carboxylic acids is 1. The van der Waals surface area contributed by atoms with Gasteiger partial charge in [0.05, 0.1) is 27.4 Å². The van der Waals surface area contributed by atoms with Crippen molar-refractivity contribution in [1.29, 1.82) is 0 Å². The average molecular weight is 268 g/mol. The molecule has 0 amide bonds. The number of hydrogen-bond acceptors (Lipinski definition) is 4. The Bertz CT molecular complexity index is 587. The fourth-order valence-electron chi connectivity index (χ4n) is 1.28. The maximum Gasteiger partial charge on any atom is 0.116 e. The van der Waals surface area contributed by atoms with Gasteiger partial charge in [-0.2, -0.15) is 0 Å². The number of aromatic carboxylic acids is 1. The molecule has 0 saturated heterocycles. The highest BCUT2D eigenvalue weighted by Gasteiger charge is 2.05. The average Bonchev–Trinajstić information content (AvgIpc) is 2.33. The van der Waals surface area contributed by atoms with Crippen molar-refractivity contribution in [3.05, 3.63) is 46.3 Å². The first-order chi connectivity index (χ1) is 8.08. The van der Waals surface area contributed by atoms with Crippen LogP contribution in [0.3, 0.4) is 0 Å². The molecule has 0 aliphatic rings. The van der Waals surface area contributed by atoms with Gasteiger partial charge >= 0.3 is 0 Å². The fourth-order valence-corrected chi connectivity index (χ4v) is 1.58. The van der Waals surface area contributed by atoms with E-state index in [-0.39, 0.29) is 5.69 Å². The molecule has 1 heterocycles. The molecule has 4 nitrogen and oxygen atoms in total. The fraction of sp³-hybridized carbons (Fsp3) is 0. The van der Waals surface area contributed by atoms with Crippen molar-refractivity contribution in [3.63, 3.8) is 0 Å². The summed E-state index contributed by atoms with van der Waals surface area (Å²) in [4.78, 5) is 18.2. The first kappa shape index (κ1) is 11.8. The maximum atomic E-state index is 10.7. The molecule has 0 radical (unpaired) electrons. The number of benzene rings is 1. The van der Waals surface area contributed by atoms with Crippen LogP contribution in [0, 0.1) is 0 Å². The predicted octanol–water partition coefficient (Wildman–Crippen LogP) is 1.81. The molecular weight excluding hydrogens is 263 g/mol. The molecule has 0 bridgehead atoms. The summed E-state index contributed by atoms with van der Waals surface area (Å²) < 4.78 is 0. The molecule has 0 atom stereocenters. The third-order valence-corrected chi connectivity index (χ3v) is 2.83. The number of carbonyl (C=O) groups excluding carboxylic acids is 1. The summed E-state index contributed by atoms with van der Waals surface area (Å²) >= 11 is 11.6. The van der Waals surface area contributed by atoms with Gasteiger partial charge in [-0.05, 0) is 18.2 Å². The summed E-state index contributed by atoms with van der Waals surface area (Å²) in [7, 11) is 0. The third-order valence-electron chi connectivity index (χ3n) is 2.09. The van der Waals surface area contributed by atoms with E-state index >= 15 is 0 Å². The zero-order chi connectivity index (χ0) is 12.4. The van der Waals surface area contributed by atoms with Crippen LogP contribution in [0.1, 0.15) is 10.5 Å². The molecule has 0 saturated carbocycles. The van der Waals surface area contributed by atoms with Crippen LogP contribution >= 0.6 is 23.2 Å². The predicted molar refractivity (Wildman–Crippen MR) is 61.8 cm³/mol. The first-order valence-corrected chi connectivity index (χ1v) is 5.32. The van der Waals surface area contributed by atoms with E-state index in [1.165, 1.54) is 6.07 Å². The Hall–Kier alpha value is -1.65. The van der Waals surface area contributed by atoms with E-state index in [1.807, 2.05) is 0 Å². The van der Waals surface area contributed by atoms with Crippen molar-refractivity contribution in [2.75, 3.05) is 0 Å². The van der Waals surface area contributed by atoms with Gasteiger partial charge in [0.15, 0.2) is 0 Å². The minimum Gasteiger partial charge on any atom is -0.543 e. The van der Waals surface area contributed by atoms with Crippen molar-refractivity contribution in [2.45, 2.75) is 0 Å². The molecule has 17 heavy (non-hydrogen) atoms. The smallest absolute Gasteiger partial charge is 0.116 e. The molecule has 0 aliphatic carbocycles. The lowest BCUT2D eigenvalue weighted by Crippen LogP contribution is -2.23. The summed E-state index contributed by atoms with van der Waals surface area (Å²) in [6.07, 6.45) is 1.16. The van der Waals surface area contributed by atoms with Crippen LogP contribution < -0.4 is 5.11 Å². The van der Waals surface area contributed by atoms with Gasteiger partial charge in [0.1, 0.15) is 6.33 Å². The van der Waals surface area contributed by atoms with Gasteiger partial charge < -0.3 is 9.90 Å². The Morgan fingerprint density at radius 2 is 1.88 bits per heavy atom. The Balaban J connectivity index is 2.49. The largest absolute Gasteiger partial charge is 0.543 e. The number of halogens is 2. The van der Waals surface area contributed by atoms with E-state index in [2.05, 4.69) is 9.97 Å². The van der Waals surface area contributed by atoms with Crippen molar-refractivity contribution < 1.29 is 9.90 Å². The number of carbonyl (C=O) groups is 1. The van der Waals surface area contributed by atoms with E-state index in [0.29, 0.717) is 21.3 Å². The Labute approximate surface area is 107 Å². The van der Waals surface area contributed by atoms with Crippen LogP contribution in [0.5, 0.6) is 0 Å². The van der Waals surface area contributed by atoms with Crippen LogP contribution in [0.2, 0.25) is 10.0 Å². The van der Waals surface area contributed by atoms with Crippen LogP contribution in [0.15, 0.2) is 30.6 Å². The molecule has 0 spiro atoms. The zero-order valence-electron chi connectivity index (χ0n) is 8.35. The molecule has 2 rings (SSSR count). The Kier molecular flexibility index (Phi) is 3.26. The molecule has 0 aliphatic heterocycles. The van der Waals surface area contributed by atoms with Gasteiger partial charge in [-0.15, -0.1) is 0 Å². The summed E-state index contributed by atoms with van der Waals surface area (Å²) in [6, 6.07) is 6.22. The lowest BCUT2D eigenvalue weighted by atomic mass is 10.1. The van der Waals surface area contributed by atoms with Gasteiger partial charge in [-0.1, -0.05) is 29.3 Å². The monoisotopic (exact) mass is 267 g/mol. The molecule has 2 aromatic rings. The molecule has 1 aromatic carbocycles. The van der Waals surface area contributed by atoms with E-state index < -0.39 is 5.97 Å². The maximum absolute atomic E-state index is 10.7. The molecular formula is C11H5Cl2N2O2-. The van der Waals surface area contributed by atoms with Gasteiger partial charge in [0.25, 0.3) is 0 Å². The molecule has 0 N–H and O–H groups in total. The second-order valence-corrected chi connectivity index (χ2v) is 4.02. The van der Waals surface area contributed by atoms with Gasteiger partial charge in [0.2, 0.25) is 0 Å². The van der Waals surface area contributed by atoms with E-state index in [9.17, 15) is 9.90 Å². The Morgan fingerprint density at radius 1 is 1.12 bits per heavy atom. The lowest BCUT2D eigenvalue weighted by Gasteiger charge is -2.05. The lowest BCUT2D eigenvalue weighted by molar-refractivity contribution is -0.255. The van der Waals surface area contributed by atoms with E-state index in [0.717, 1.165) is 6.33 Å². The molecule has 0 fully saturated rings. The molecule has 1 aromatic heterocycles. The van der Waals surface area contributed by atoms with Gasteiger partial charge in [-0.3, -0.25) is 0 Å². The van der Waals surface area contributed by atoms with Crippen molar-refractivity contribution >= 4 is 29.2 Å². The summed E-state index contributed by atoms with van der Waals surface area (Å²) in [6.45, 7) is 0. The zero-order valence-corrected chi connectivity index (χ0v) is 9.87. The normalized spacial score (nSPS) is 10.2. The first-order valence-electron chi connectivity index (χ1n) is 4.57. The number of carboxylic acid groups (broad SMARTS) is 1. The second-order valence-electron chi connectivity index (χ2n) is 3.20. The van der Waals surface area contributed by atoms with E-state index in [4.69, 9.17) is 23.2 Å². The molecule has 6 heteroatoms. The summed E-state index contributed by atoms with van der Waals surface area (Å²) in [5, 5.41) is 11.5. The highest BCUT2D eigenvalue weighted by atomic mass is 35.5. The Morgan fingerprint density at radius 3 is 2.53 bits per heavy atom. The molecule has 0 unspecified atom stereocenters. The van der Waals surface area contributed by atoms with Crippen molar-refractivity contribution in [3.8, 4) is 11.3 Å². The SMILES string of the molecule is O=C([O-])c1cc(-c2ccc(Cl)c(Cl)c2)ncn1. The summed E-state index contributed by atoms with van der Waals surface area (Å²) in [5.41, 5.74) is 0.920. The van der Waals surface area contributed by atoms with Crippen molar-refractivity contribution in [2.24, 2.45) is 0 Å². The third kappa shape index (κ3) is 2.54. The second kappa shape index (κ2) is 4.69. The standard InChI is InChI=1S/C11H6Cl2N2O2/c12-7-2-1-6(3-8(7)13)9-4-10(11(16)17)15-5-14-9/h1-5H,(H,16,17)/p-1. The topological polar surface area (TPSA) is 65.9 Å². The summed E-state index contributed by atoms with van der Waals surface area (Å²) in [5.74, 6) is -1.35. The number of hydrogen-bond donors (Lipinski definition) is 0. The quantitative estimate of drug-likeness (QED) is 0.833. The minimum atomic E-state index is -1.35. The molecule has 86 valence electrons. The van der Waals surface area contributed by atoms with Crippen LogP contribution in [-0.4, -0.2) is 15.9 Å².